The molecule has 2 heterocycles. The van der Waals surface area contributed by atoms with Crippen LogP contribution < -0.4 is 5.32 Å². The number of halogens is 1. The molecule has 0 bridgehead atoms. The monoisotopic (exact) mass is 455 g/mol. The Kier molecular flexibility index (Phi) is 7.22. The van der Waals surface area contributed by atoms with E-state index in [1.165, 1.54) is 31.0 Å². The Hall–Kier alpha value is -2.71. The first-order valence-electron chi connectivity index (χ1n) is 10.7. The van der Waals surface area contributed by atoms with Crippen molar-refractivity contribution in [2.24, 2.45) is 5.92 Å². The Labute approximate surface area is 191 Å². The Morgan fingerprint density at radius 3 is 2.59 bits per heavy atom. The van der Waals surface area contributed by atoms with Crippen molar-refractivity contribution < 1.29 is 18.3 Å². The molecule has 2 aromatic heterocycles. The largest absolute Gasteiger partial charge is 0.469 e. The maximum absolute atomic E-state index is 13.3. The van der Waals surface area contributed by atoms with Crippen LogP contribution in [0.3, 0.4) is 0 Å². The molecule has 0 amide bonds. The predicted octanol–water partition coefficient (Wildman–Crippen LogP) is 5.16. The average Bonchev–Trinajstić information content (AvgIpc) is 3.22. The van der Waals surface area contributed by atoms with Gasteiger partial charge in [0.15, 0.2) is 5.09 Å². The molecule has 32 heavy (non-hydrogen) atoms. The number of aromatic nitrogens is 2. The number of aryl methyl sites for hydroxylation is 1. The summed E-state index contributed by atoms with van der Waals surface area (Å²) in [6, 6.07) is 10.4. The third kappa shape index (κ3) is 5.55. The number of nitrogens with zero attached hydrogens (tertiary/aromatic N) is 2. The third-order valence-electron chi connectivity index (χ3n) is 5.65. The van der Waals surface area contributed by atoms with Crippen molar-refractivity contribution in [2.45, 2.75) is 55.3 Å². The molecule has 0 atom stereocenters. The van der Waals surface area contributed by atoms with E-state index >= 15 is 0 Å². The van der Waals surface area contributed by atoms with Gasteiger partial charge < -0.3 is 14.5 Å². The summed E-state index contributed by atoms with van der Waals surface area (Å²) in [7, 11) is 1.44. The standard InChI is InChI=1S/C24H26FN3O3S/c1-15-3-12-21(27-13-15)32-24-20(28-22(31-24)16-4-8-18(25)9-5-16)14-26-19-10-6-17(7-11-19)23(29)30-2/h3-5,8-9,12-13,17,19,26H,6-7,10-11,14H2,1-2H3. The minimum absolute atomic E-state index is 0.00564. The third-order valence-corrected chi connectivity index (χ3v) is 6.61. The molecule has 0 spiro atoms. The van der Waals surface area contributed by atoms with Gasteiger partial charge in [-0.3, -0.25) is 4.79 Å². The number of esters is 1. The molecule has 3 aromatic rings. The van der Waals surface area contributed by atoms with E-state index in [-0.39, 0.29) is 17.7 Å². The number of oxazole rings is 1. The summed E-state index contributed by atoms with van der Waals surface area (Å²) < 4.78 is 24.3. The number of hydrogen-bond acceptors (Lipinski definition) is 7. The van der Waals surface area contributed by atoms with Gasteiger partial charge in [-0.05, 0) is 80.3 Å². The Morgan fingerprint density at radius 1 is 1.19 bits per heavy atom. The number of carbonyl (C=O) groups excluding carboxylic acids is 1. The Bertz CT molecular complexity index is 1050. The second-order valence-corrected chi connectivity index (χ2v) is 8.98. The number of carbonyl (C=O) groups is 1. The van der Waals surface area contributed by atoms with Gasteiger partial charge in [-0.2, -0.15) is 0 Å². The van der Waals surface area contributed by atoms with E-state index in [9.17, 15) is 9.18 Å². The van der Waals surface area contributed by atoms with Crippen LogP contribution >= 0.6 is 11.8 Å². The van der Waals surface area contributed by atoms with Gasteiger partial charge in [0.1, 0.15) is 16.5 Å². The zero-order valence-corrected chi connectivity index (χ0v) is 19.0. The van der Waals surface area contributed by atoms with Gasteiger partial charge in [0, 0.05) is 24.3 Å². The minimum atomic E-state index is -0.303. The van der Waals surface area contributed by atoms with Crippen LogP contribution in [0.1, 0.15) is 36.9 Å². The minimum Gasteiger partial charge on any atom is -0.469 e. The van der Waals surface area contributed by atoms with E-state index in [0.717, 1.165) is 47.5 Å². The molecule has 0 saturated heterocycles. The van der Waals surface area contributed by atoms with Crippen molar-refractivity contribution >= 4 is 17.7 Å². The van der Waals surface area contributed by atoms with Crippen LogP contribution in [-0.2, 0) is 16.1 Å². The molecule has 0 aliphatic heterocycles. The van der Waals surface area contributed by atoms with Crippen LogP contribution in [0.2, 0.25) is 0 Å². The number of ether oxygens (including phenoxy) is 1. The fourth-order valence-corrected chi connectivity index (χ4v) is 4.58. The lowest BCUT2D eigenvalue weighted by atomic mass is 9.86. The zero-order valence-electron chi connectivity index (χ0n) is 18.1. The fourth-order valence-electron chi connectivity index (χ4n) is 3.80. The Balaban J connectivity index is 1.48. The molecular weight excluding hydrogens is 429 g/mol. The van der Waals surface area contributed by atoms with E-state index in [2.05, 4.69) is 10.3 Å². The van der Waals surface area contributed by atoms with Crippen LogP contribution in [0.25, 0.3) is 11.5 Å². The van der Waals surface area contributed by atoms with E-state index in [1.54, 1.807) is 12.1 Å². The Morgan fingerprint density at radius 2 is 1.94 bits per heavy atom. The summed E-state index contributed by atoms with van der Waals surface area (Å²) in [6.07, 6.45) is 5.27. The molecule has 4 rings (SSSR count). The maximum Gasteiger partial charge on any atom is 0.308 e. The normalized spacial score (nSPS) is 18.5. The number of nitrogens with one attached hydrogen (secondary N) is 1. The van der Waals surface area contributed by atoms with Crippen LogP contribution in [0.5, 0.6) is 0 Å². The second-order valence-electron chi connectivity index (χ2n) is 7.99. The fraction of sp³-hybridized carbons (Fsp3) is 0.375. The zero-order chi connectivity index (χ0) is 22.5. The molecule has 0 unspecified atom stereocenters. The van der Waals surface area contributed by atoms with E-state index in [0.29, 0.717) is 23.6 Å². The lowest BCUT2D eigenvalue weighted by Crippen LogP contribution is -2.35. The molecular formula is C24H26FN3O3S. The number of methoxy groups -OCH3 is 1. The molecule has 8 heteroatoms. The topological polar surface area (TPSA) is 77.2 Å². The first kappa shape index (κ1) is 22.5. The first-order valence-corrected chi connectivity index (χ1v) is 11.5. The summed E-state index contributed by atoms with van der Waals surface area (Å²) in [5.41, 5.74) is 2.59. The van der Waals surface area contributed by atoms with Crippen molar-refractivity contribution in [3.63, 3.8) is 0 Å². The molecule has 168 valence electrons. The van der Waals surface area contributed by atoms with Crippen molar-refractivity contribution in [1.82, 2.24) is 15.3 Å². The molecule has 6 nitrogen and oxygen atoms in total. The molecule has 1 aliphatic rings. The van der Waals surface area contributed by atoms with Crippen LogP contribution in [0.15, 0.2) is 57.1 Å². The highest BCUT2D eigenvalue weighted by Gasteiger charge is 2.27. The highest BCUT2D eigenvalue weighted by atomic mass is 32.2. The number of pyridine rings is 1. The number of rotatable bonds is 7. The second kappa shape index (κ2) is 10.3. The highest BCUT2D eigenvalue weighted by Crippen LogP contribution is 2.34. The van der Waals surface area contributed by atoms with Crippen molar-refractivity contribution in [1.29, 1.82) is 0 Å². The van der Waals surface area contributed by atoms with Gasteiger partial charge in [-0.1, -0.05) is 6.07 Å². The molecule has 1 fully saturated rings. The van der Waals surface area contributed by atoms with Crippen LogP contribution in [0, 0.1) is 18.7 Å². The molecule has 1 saturated carbocycles. The van der Waals surface area contributed by atoms with Crippen LogP contribution in [0.4, 0.5) is 4.39 Å². The summed E-state index contributed by atoms with van der Waals surface area (Å²) in [5, 5.41) is 5.04. The van der Waals surface area contributed by atoms with Gasteiger partial charge >= 0.3 is 5.97 Å². The SMILES string of the molecule is COC(=O)C1CCC(NCc2nc(-c3ccc(F)cc3)oc2Sc2ccc(C)cn2)CC1. The van der Waals surface area contributed by atoms with E-state index in [4.69, 9.17) is 14.1 Å². The van der Waals surface area contributed by atoms with Gasteiger partial charge in [0.2, 0.25) is 5.89 Å². The molecule has 1 aliphatic carbocycles. The van der Waals surface area contributed by atoms with Gasteiger partial charge in [0.25, 0.3) is 0 Å². The van der Waals surface area contributed by atoms with Gasteiger partial charge in [-0.15, -0.1) is 0 Å². The molecule has 0 radical (unpaired) electrons. The molecule has 1 N–H and O–H groups in total. The van der Waals surface area contributed by atoms with Gasteiger partial charge in [-0.25, -0.2) is 14.4 Å². The van der Waals surface area contributed by atoms with Crippen LogP contribution in [-0.4, -0.2) is 29.1 Å². The van der Waals surface area contributed by atoms with E-state index in [1.807, 2.05) is 25.3 Å². The summed E-state index contributed by atoms with van der Waals surface area (Å²) in [4.78, 5) is 20.9. The van der Waals surface area contributed by atoms with Crippen molar-refractivity contribution in [3.8, 4) is 11.5 Å². The summed E-state index contributed by atoms with van der Waals surface area (Å²) >= 11 is 1.42. The van der Waals surface area contributed by atoms with E-state index < -0.39 is 0 Å². The predicted molar refractivity (Wildman–Crippen MR) is 120 cm³/mol. The quantitative estimate of drug-likeness (QED) is 0.493. The first-order chi connectivity index (χ1) is 15.5. The lowest BCUT2D eigenvalue weighted by molar-refractivity contribution is -0.146. The average molecular weight is 456 g/mol. The summed E-state index contributed by atoms with van der Waals surface area (Å²) in [5.74, 6) is 0.0242. The smallest absolute Gasteiger partial charge is 0.308 e. The number of benzene rings is 1. The van der Waals surface area contributed by atoms with Crippen molar-refractivity contribution in [2.75, 3.05) is 7.11 Å². The van der Waals surface area contributed by atoms with Gasteiger partial charge in [0.05, 0.1) is 13.0 Å². The van der Waals surface area contributed by atoms with Crippen molar-refractivity contribution in [3.05, 3.63) is 59.7 Å². The maximum atomic E-state index is 13.3. The highest BCUT2D eigenvalue weighted by molar-refractivity contribution is 7.99. The summed E-state index contributed by atoms with van der Waals surface area (Å²) in [6.45, 7) is 2.53. The number of hydrogen-bond donors (Lipinski definition) is 1. The molecule has 1 aromatic carbocycles. The lowest BCUT2D eigenvalue weighted by Gasteiger charge is -2.27.